The third-order valence-corrected chi connectivity index (χ3v) is 6.61. The van der Waals surface area contributed by atoms with Gasteiger partial charge in [0.1, 0.15) is 0 Å². The van der Waals surface area contributed by atoms with E-state index in [4.69, 9.17) is 18.9 Å². The van der Waals surface area contributed by atoms with Gasteiger partial charge >= 0.3 is 0 Å². The second-order valence-corrected chi connectivity index (χ2v) is 9.33. The third-order valence-electron chi connectivity index (χ3n) is 6.61. The minimum absolute atomic E-state index is 0.0212. The van der Waals surface area contributed by atoms with E-state index >= 15 is 0 Å². The predicted molar refractivity (Wildman–Crippen MR) is 128 cm³/mol. The van der Waals surface area contributed by atoms with Crippen LogP contribution in [0.4, 0.5) is 0 Å². The molecule has 8 nitrogen and oxygen atoms in total. The Labute approximate surface area is 205 Å². The number of fused-ring (bicyclic) bond motifs is 1. The number of allylic oxidation sites excluding steroid dienone is 1. The van der Waals surface area contributed by atoms with Crippen molar-refractivity contribution in [1.82, 2.24) is 9.80 Å². The van der Waals surface area contributed by atoms with Gasteiger partial charge in [0, 0.05) is 39.1 Å². The summed E-state index contributed by atoms with van der Waals surface area (Å²) in [5, 5.41) is 9.19. The van der Waals surface area contributed by atoms with Gasteiger partial charge in [0.05, 0.1) is 13.2 Å². The van der Waals surface area contributed by atoms with Crippen molar-refractivity contribution in [3.63, 3.8) is 0 Å². The Balaban J connectivity index is 1.11. The number of ether oxygens (including phenoxy) is 4. The topological polar surface area (TPSA) is 80.7 Å². The molecule has 2 aromatic rings. The summed E-state index contributed by atoms with van der Waals surface area (Å²) in [4.78, 5) is 17.4. The molecule has 0 saturated carbocycles. The Kier molecular flexibility index (Phi) is 7.22. The van der Waals surface area contributed by atoms with Gasteiger partial charge in [0.2, 0.25) is 13.1 Å². The highest BCUT2D eigenvalue weighted by Crippen LogP contribution is 2.33. The molecular formula is C27H32N2O6. The smallest absolute Gasteiger partial charge is 0.288 e. The number of hydrogen-bond donors (Lipinski definition) is 1. The van der Waals surface area contributed by atoms with Crippen LogP contribution >= 0.6 is 0 Å². The quantitative estimate of drug-likeness (QED) is 0.653. The molecule has 1 N–H and O–H groups in total. The van der Waals surface area contributed by atoms with E-state index < -0.39 is 6.29 Å². The van der Waals surface area contributed by atoms with Crippen LogP contribution in [0.1, 0.15) is 30.0 Å². The average Bonchev–Trinajstić information content (AvgIpc) is 3.35. The van der Waals surface area contributed by atoms with Crippen molar-refractivity contribution in [3.05, 3.63) is 71.0 Å². The van der Waals surface area contributed by atoms with Crippen LogP contribution in [0.25, 0.3) is 0 Å². The van der Waals surface area contributed by atoms with Crippen molar-refractivity contribution in [2.45, 2.75) is 39.4 Å². The molecule has 186 valence electrons. The maximum atomic E-state index is 13.2. The molecule has 1 fully saturated rings. The fourth-order valence-corrected chi connectivity index (χ4v) is 4.58. The zero-order valence-corrected chi connectivity index (χ0v) is 20.0. The summed E-state index contributed by atoms with van der Waals surface area (Å²) in [7, 11) is 0. The van der Waals surface area contributed by atoms with E-state index in [1.165, 1.54) is 5.56 Å². The molecule has 0 spiro atoms. The highest BCUT2D eigenvalue weighted by molar-refractivity contribution is 5.91. The molecule has 3 aliphatic rings. The van der Waals surface area contributed by atoms with Crippen LogP contribution in [-0.2, 0) is 34.0 Å². The van der Waals surface area contributed by atoms with Crippen molar-refractivity contribution in [2.24, 2.45) is 5.92 Å². The molecular weight excluding hydrogens is 448 g/mol. The summed E-state index contributed by atoms with van der Waals surface area (Å²) in [6.45, 7) is 6.48. The Morgan fingerprint density at radius 2 is 1.71 bits per heavy atom. The lowest BCUT2D eigenvalue weighted by Crippen LogP contribution is -2.49. The fourth-order valence-electron chi connectivity index (χ4n) is 4.58. The maximum absolute atomic E-state index is 13.2. The predicted octanol–water partition coefficient (Wildman–Crippen LogP) is 3.04. The second-order valence-electron chi connectivity index (χ2n) is 9.33. The number of aliphatic hydroxyl groups is 1. The Morgan fingerprint density at radius 3 is 2.49 bits per heavy atom. The molecule has 0 aromatic heterocycles. The zero-order valence-electron chi connectivity index (χ0n) is 20.0. The van der Waals surface area contributed by atoms with Crippen LogP contribution in [0.5, 0.6) is 11.5 Å². The van der Waals surface area contributed by atoms with Crippen molar-refractivity contribution in [2.75, 3.05) is 33.0 Å². The van der Waals surface area contributed by atoms with Gasteiger partial charge in [0.25, 0.3) is 5.91 Å². The van der Waals surface area contributed by atoms with E-state index in [-0.39, 0.29) is 25.2 Å². The van der Waals surface area contributed by atoms with E-state index in [1.807, 2.05) is 47.4 Å². The van der Waals surface area contributed by atoms with Gasteiger partial charge in [-0.3, -0.25) is 9.69 Å². The minimum Gasteiger partial charge on any atom is -0.459 e. The number of aliphatic hydroxyl groups excluding tert-OH is 1. The Hall–Kier alpha value is -3.07. The second kappa shape index (κ2) is 10.7. The summed E-state index contributed by atoms with van der Waals surface area (Å²) < 4.78 is 22.8. The molecule has 0 bridgehead atoms. The van der Waals surface area contributed by atoms with E-state index in [2.05, 4.69) is 17.9 Å². The summed E-state index contributed by atoms with van der Waals surface area (Å²) in [6, 6.07) is 13.7. The van der Waals surface area contributed by atoms with E-state index in [0.29, 0.717) is 31.9 Å². The number of amides is 1. The van der Waals surface area contributed by atoms with Crippen LogP contribution in [0.2, 0.25) is 0 Å². The van der Waals surface area contributed by atoms with E-state index in [0.717, 1.165) is 42.3 Å². The lowest BCUT2D eigenvalue weighted by Gasteiger charge is -2.36. The molecule has 0 unspecified atom stereocenters. The van der Waals surface area contributed by atoms with Gasteiger partial charge in [-0.1, -0.05) is 37.3 Å². The highest BCUT2D eigenvalue weighted by Gasteiger charge is 2.30. The van der Waals surface area contributed by atoms with Gasteiger partial charge in [-0.15, -0.1) is 0 Å². The maximum Gasteiger partial charge on any atom is 0.288 e. The third kappa shape index (κ3) is 5.78. The Bertz CT molecular complexity index is 1060. The molecule has 8 heteroatoms. The first-order chi connectivity index (χ1) is 17.1. The van der Waals surface area contributed by atoms with Crippen LogP contribution in [0, 0.1) is 5.92 Å². The van der Waals surface area contributed by atoms with Crippen LogP contribution in [0.3, 0.4) is 0 Å². The molecule has 3 heterocycles. The summed E-state index contributed by atoms with van der Waals surface area (Å²) in [6.07, 6.45) is 2.16. The minimum atomic E-state index is -0.459. The number of benzene rings is 2. The zero-order chi connectivity index (χ0) is 24.2. The fraction of sp³-hybridized carbons (Fsp3) is 0.444. The SMILES string of the molecule is C[C@@H]1C=C(C(=O)N2CCN(Cc3ccc4c(c3)OCO4)CC2)O[C@H](OCc2ccc(CO)cc2)C1. The van der Waals surface area contributed by atoms with Crippen molar-refractivity contribution >= 4 is 5.91 Å². The lowest BCUT2D eigenvalue weighted by atomic mass is 10.0. The van der Waals surface area contributed by atoms with Gasteiger partial charge in [-0.05, 0) is 40.8 Å². The van der Waals surface area contributed by atoms with Crippen molar-refractivity contribution in [1.29, 1.82) is 0 Å². The van der Waals surface area contributed by atoms with Crippen molar-refractivity contribution in [3.8, 4) is 11.5 Å². The molecule has 2 aromatic carbocycles. The lowest BCUT2D eigenvalue weighted by molar-refractivity contribution is -0.159. The van der Waals surface area contributed by atoms with E-state index in [9.17, 15) is 9.90 Å². The number of nitrogens with zero attached hydrogens (tertiary/aromatic N) is 2. The first-order valence-corrected chi connectivity index (χ1v) is 12.2. The number of carbonyl (C=O) groups excluding carboxylic acids is 1. The molecule has 35 heavy (non-hydrogen) atoms. The monoisotopic (exact) mass is 480 g/mol. The summed E-state index contributed by atoms with van der Waals surface area (Å²) >= 11 is 0. The van der Waals surface area contributed by atoms with Crippen molar-refractivity contribution < 1.29 is 28.8 Å². The van der Waals surface area contributed by atoms with Gasteiger partial charge in [0.15, 0.2) is 17.3 Å². The summed E-state index contributed by atoms with van der Waals surface area (Å²) in [5.74, 6) is 2.09. The number of carbonyl (C=O) groups is 1. The molecule has 0 aliphatic carbocycles. The number of hydrogen-bond acceptors (Lipinski definition) is 7. The average molecular weight is 481 g/mol. The van der Waals surface area contributed by atoms with Crippen LogP contribution in [-0.4, -0.2) is 60.1 Å². The molecule has 5 rings (SSSR count). The van der Waals surface area contributed by atoms with Gasteiger partial charge in [-0.25, -0.2) is 0 Å². The number of rotatable bonds is 7. The first kappa shape index (κ1) is 23.7. The molecule has 2 atom stereocenters. The standard InChI is InChI=1S/C27H32N2O6/c1-19-12-25(35-26(13-19)32-17-21-4-2-20(16-30)3-5-21)27(31)29-10-8-28(9-11-29)15-22-6-7-23-24(14-22)34-18-33-23/h2-7,12,14,19,26,30H,8-11,13,15-18H2,1H3/t19-,26+/m1/s1. The molecule has 1 amide bonds. The normalized spacial score (nSPS) is 22.0. The summed E-state index contributed by atoms with van der Waals surface area (Å²) in [5.41, 5.74) is 3.04. The Morgan fingerprint density at radius 1 is 1.00 bits per heavy atom. The first-order valence-electron chi connectivity index (χ1n) is 12.2. The van der Waals surface area contributed by atoms with Gasteiger partial charge in [-0.2, -0.15) is 0 Å². The van der Waals surface area contributed by atoms with Crippen LogP contribution in [0.15, 0.2) is 54.3 Å². The number of piperazine rings is 1. The van der Waals surface area contributed by atoms with Gasteiger partial charge < -0.3 is 29.0 Å². The van der Waals surface area contributed by atoms with Crippen LogP contribution < -0.4 is 9.47 Å². The highest BCUT2D eigenvalue weighted by atomic mass is 16.7. The molecule has 3 aliphatic heterocycles. The largest absolute Gasteiger partial charge is 0.459 e. The molecule has 1 saturated heterocycles. The molecule has 0 radical (unpaired) electrons. The van der Waals surface area contributed by atoms with E-state index in [1.54, 1.807) is 0 Å².